The summed E-state index contributed by atoms with van der Waals surface area (Å²) < 4.78 is 0. The Hall–Kier alpha value is -5.98. The lowest BCUT2D eigenvalue weighted by molar-refractivity contribution is 1.51. The molecule has 0 unspecified atom stereocenters. The fourth-order valence-electron chi connectivity index (χ4n) is 8.14. The van der Waals surface area contributed by atoms with Crippen LogP contribution in [-0.4, -0.2) is 0 Å². The van der Waals surface area contributed by atoms with Crippen molar-refractivity contribution in [3.63, 3.8) is 0 Å². The molecule has 0 bridgehead atoms. The topological polar surface area (TPSA) is 0 Å². The van der Waals surface area contributed by atoms with Crippen LogP contribution in [0.25, 0.3) is 98.7 Å². The highest BCUT2D eigenvalue weighted by molar-refractivity contribution is 6.22. The minimum Gasteiger partial charge on any atom is -0.0616 e. The first-order valence-electron chi connectivity index (χ1n) is 16.4. The number of fused-ring (bicyclic) bond motifs is 6. The Kier molecular flexibility index (Phi) is 5.59. The molecule has 0 atom stereocenters. The molecule has 0 N–H and O–H groups in total. The van der Waals surface area contributed by atoms with Crippen LogP contribution in [0, 0.1) is 6.92 Å². The predicted molar refractivity (Wildman–Crippen MR) is 202 cm³/mol. The second-order valence-electron chi connectivity index (χ2n) is 12.9. The molecule has 0 fully saturated rings. The van der Waals surface area contributed by atoms with E-state index >= 15 is 0 Å². The molecule has 47 heavy (non-hydrogen) atoms. The standard InChI is InChI=1S/C47H30/c1-29-17-24-43-44(27-29)46(34-23-18-30-9-2-3-10-33(30)28-34)41-14-7-6-13-40(41)45(43)32-21-19-31(20-22-32)35-25-26-42-37-12-5-4-11-36(37)39-16-8-15-38(35)47(39)42/h2-28H,1H3. The van der Waals surface area contributed by atoms with E-state index in [2.05, 4.69) is 171 Å². The van der Waals surface area contributed by atoms with Crippen molar-refractivity contribution >= 4 is 43.1 Å². The number of rotatable bonds is 3. The quantitative estimate of drug-likeness (QED) is 0.179. The number of benzene rings is 9. The molecule has 10 rings (SSSR count). The van der Waals surface area contributed by atoms with Crippen LogP contribution in [0.1, 0.15) is 5.56 Å². The normalized spacial score (nSPS) is 11.9. The summed E-state index contributed by atoms with van der Waals surface area (Å²) in [5, 5.41) is 10.4. The minimum absolute atomic E-state index is 1.24. The van der Waals surface area contributed by atoms with Crippen LogP contribution in [0.15, 0.2) is 164 Å². The van der Waals surface area contributed by atoms with Gasteiger partial charge >= 0.3 is 0 Å². The summed E-state index contributed by atoms with van der Waals surface area (Å²) in [6.45, 7) is 2.20. The van der Waals surface area contributed by atoms with Gasteiger partial charge in [-0.15, -0.1) is 0 Å². The van der Waals surface area contributed by atoms with Gasteiger partial charge in [-0.25, -0.2) is 0 Å². The van der Waals surface area contributed by atoms with E-state index in [0.29, 0.717) is 0 Å². The molecular weight excluding hydrogens is 565 g/mol. The average molecular weight is 595 g/mol. The maximum Gasteiger partial charge on any atom is -0.00201 e. The molecule has 0 nitrogen and oxygen atoms in total. The van der Waals surface area contributed by atoms with E-state index in [-0.39, 0.29) is 0 Å². The van der Waals surface area contributed by atoms with Gasteiger partial charge in [-0.2, -0.15) is 0 Å². The van der Waals surface area contributed by atoms with Crippen molar-refractivity contribution in [3.05, 3.63) is 169 Å². The molecule has 0 heterocycles. The highest BCUT2D eigenvalue weighted by Gasteiger charge is 2.22. The van der Waals surface area contributed by atoms with Crippen LogP contribution in [0.3, 0.4) is 0 Å². The van der Waals surface area contributed by atoms with Gasteiger partial charge in [0.25, 0.3) is 0 Å². The van der Waals surface area contributed by atoms with E-state index in [0.717, 1.165) is 0 Å². The van der Waals surface area contributed by atoms with E-state index in [1.807, 2.05) is 0 Å². The van der Waals surface area contributed by atoms with Crippen LogP contribution in [0.2, 0.25) is 0 Å². The van der Waals surface area contributed by atoms with Gasteiger partial charge in [0, 0.05) is 0 Å². The van der Waals surface area contributed by atoms with Gasteiger partial charge in [0.2, 0.25) is 0 Å². The lowest BCUT2D eigenvalue weighted by Gasteiger charge is -2.19. The average Bonchev–Trinajstić information content (AvgIpc) is 3.45. The maximum atomic E-state index is 2.37. The summed E-state index contributed by atoms with van der Waals surface area (Å²) in [6.07, 6.45) is 0. The van der Waals surface area contributed by atoms with E-state index in [9.17, 15) is 0 Å². The molecule has 0 aromatic heterocycles. The predicted octanol–water partition coefficient (Wildman–Crippen LogP) is 13.3. The molecule has 9 aromatic rings. The fourth-order valence-corrected chi connectivity index (χ4v) is 8.14. The van der Waals surface area contributed by atoms with Crippen molar-refractivity contribution in [2.75, 3.05) is 0 Å². The molecule has 9 aromatic carbocycles. The third-order valence-corrected chi connectivity index (χ3v) is 10.3. The molecule has 0 spiro atoms. The second kappa shape index (κ2) is 10.0. The molecule has 0 heteroatoms. The minimum atomic E-state index is 1.24. The summed E-state index contributed by atoms with van der Waals surface area (Å²) in [5.41, 5.74) is 14.2. The Morgan fingerprint density at radius 2 is 0.851 bits per heavy atom. The van der Waals surface area contributed by atoms with Crippen LogP contribution in [0.4, 0.5) is 0 Å². The maximum absolute atomic E-state index is 2.37. The third-order valence-electron chi connectivity index (χ3n) is 10.3. The van der Waals surface area contributed by atoms with Crippen LogP contribution in [-0.2, 0) is 0 Å². The molecule has 1 aliphatic carbocycles. The molecular formula is C47H30. The first-order valence-corrected chi connectivity index (χ1v) is 16.4. The molecule has 0 aliphatic heterocycles. The summed E-state index contributed by atoms with van der Waals surface area (Å²) in [7, 11) is 0. The molecule has 0 amide bonds. The summed E-state index contributed by atoms with van der Waals surface area (Å²) in [5.74, 6) is 0. The lowest BCUT2D eigenvalue weighted by atomic mass is 9.84. The van der Waals surface area contributed by atoms with Gasteiger partial charge in [-0.05, 0) is 112 Å². The van der Waals surface area contributed by atoms with Gasteiger partial charge < -0.3 is 0 Å². The van der Waals surface area contributed by atoms with Gasteiger partial charge in [0.05, 0.1) is 0 Å². The molecule has 218 valence electrons. The van der Waals surface area contributed by atoms with Crippen molar-refractivity contribution in [2.45, 2.75) is 6.92 Å². The van der Waals surface area contributed by atoms with Gasteiger partial charge in [-0.1, -0.05) is 163 Å². The van der Waals surface area contributed by atoms with Crippen molar-refractivity contribution in [3.8, 4) is 55.6 Å². The lowest BCUT2D eigenvalue weighted by Crippen LogP contribution is -1.92. The number of aryl methyl sites for hydroxylation is 1. The summed E-state index contributed by atoms with van der Waals surface area (Å²) in [6, 6.07) is 60.9. The van der Waals surface area contributed by atoms with Crippen molar-refractivity contribution in [1.29, 1.82) is 0 Å². The Morgan fingerprint density at radius 3 is 1.64 bits per heavy atom. The zero-order valence-corrected chi connectivity index (χ0v) is 26.1. The largest absolute Gasteiger partial charge is 0.0616 e. The van der Waals surface area contributed by atoms with Crippen LogP contribution < -0.4 is 0 Å². The van der Waals surface area contributed by atoms with E-state index < -0.39 is 0 Å². The van der Waals surface area contributed by atoms with E-state index in [1.165, 1.54) is 104 Å². The van der Waals surface area contributed by atoms with Crippen molar-refractivity contribution in [2.24, 2.45) is 0 Å². The van der Waals surface area contributed by atoms with Gasteiger partial charge in [-0.3, -0.25) is 0 Å². The zero-order chi connectivity index (χ0) is 31.1. The Morgan fingerprint density at radius 1 is 0.298 bits per heavy atom. The Bertz CT molecular complexity index is 2700. The SMILES string of the molecule is Cc1ccc2c(-c3ccc(-c4ccc5c6c(cccc46)-c4ccccc4-5)cc3)c3ccccc3c(-c3ccc4ccccc4c3)c2c1. The molecule has 1 aliphatic rings. The third kappa shape index (κ3) is 3.89. The van der Waals surface area contributed by atoms with E-state index in [4.69, 9.17) is 0 Å². The Balaban J connectivity index is 1.17. The van der Waals surface area contributed by atoms with Gasteiger partial charge in [0.15, 0.2) is 0 Å². The first-order chi connectivity index (χ1) is 23.2. The zero-order valence-electron chi connectivity index (χ0n) is 26.1. The summed E-state index contributed by atoms with van der Waals surface area (Å²) in [4.78, 5) is 0. The number of hydrogen-bond acceptors (Lipinski definition) is 0. The summed E-state index contributed by atoms with van der Waals surface area (Å²) >= 11 is 0. The monoisotopic (exact) mass is 594 g/mol. The second-order valence-corrected chi connectivity index (χ2v) is 12.9. The first kappa shape index (κ1) is 26.3. The fraction of sp³-hybridized carbons (Fsp3) is 0.0213. The van der Waals surface area contributed by atoms with Crippen molar-refractivity contribution in [1.82, 2.24) is 0 Å². The highest BCUT2D eigenvalue weighted by Crippen LogP contribution is 2.50. The van der Waals surface area contributed by atoms with E-state index in [1.54, 1.807) is 0 Å². The van der Waals surface area contributed by atoms with Crippen LogP contribution in [0.5, 0.6) is 0 Å². The molecule has 0 radical (unpaired) electrons. The molecule has 0 saturated heterocycles. The van der Waals surface area contributed by atoms with Crippen molar-refractivity contribution < 1.29 is 0 Å². The smallest absolute Gasteiger partial charge is 0.00201 e. The highest BCUT2D eigenvalue weighted by atomic mass is 14.3. The van der Waals surface area contributed by atoms with Crippen LogP contribution >= 0.6 is 0 Å². The molecule has 0 saturated carbocycles. The number of hydrogen-bond donors (Lipinski definition) is 0. The van der Waals surface area contributed by atoms with Gasteiger partial charge in [0.1, 0.15) is 0 Å². The Labute approximate surface area is 274 Å².